The molecule has 1 aromatic rings. The maximum Gasteiger partial charge on any atom is 0.309 e. The molecule has 0 unspecified atom stereocenters. The van der Waals surface area contributed by atoms with Gasteiger partial charge in [-0.3, -0.25) is 9.59 Å². The molecule has 0 aliphatic rings. The molecule has 0 aliphatic heterocycles. The standard InChI is InChI=1S/C15H18O5/c1-3-19-13-9-11(10-16)8-12(15(13)18)6-5-7-14(17)20-4-2/h5-6,8-10,18H,3-4,7H2,1-2H3. The van der Waals surface area contributed by atoms with Gasteiger partial charge in [0.1, 0.15) is 6.29 Å². The van der Waals surface area contributed by atoms with Gasteiger partial charge in [-0.25, -0.2) is 0 Å². The molecule has 0 saturated carbocycles. The van der Waals surface area contributed by atoms with Crippen molar-refractivity contribution in [2.45, 2.75) is 20.3 Å². The van der Waals surface area contributed by atoms with E-state index in [2.05, 4.69) is 0 Å². The van der Waals surface area contributed by atoms with Crippen molar-refractivity contribution in [1.82, 2.24) is 0 Å². The molecule has 0 aromatic heterocycles. The van der Waals surface area contributed by atoms with E-state index in [1.807, 2.05) is 0 Å². The van der Waals surface area contributed by atoms with Crippen molar-refractivity contribution in [1.29, 1.82) is 0 Å². The molecule has 0 fully saturated rings. The van der Waals surface area contributed by atoms with Gasteiger partial charge in [0, 0.05) is 11.1 Å². The van der Waals surface area contributed by atoms with E-state index in [1.54, 1.807) is 26.0 Å². The van der Waals surface area contributed by atoms with E-state index in [9.17, 15) is 14.7 Å². The lowest BCUT2D eigenvalue weighted by molar-refractivity contribution is -0.142. The molecule has 1 rings (SSSR count). The number of aromatic hydroxyl groups is 1. The summed E-state index contributed by atoms with van der Waals surface area (Å²) in [7, 11) is 0. The third-order valence-electron chi connectivity index (χ3n) is 2.45. The van der Waals surface area contributed by atoms with Crippen molar-refractivity contribution >= 4 is 18.3 Å². The van der Waals surface area contributed by atoms with E-state index in [0.717, 1.165) is 0 Å². The molecule has 5 nitrogen and oxygen atoms in total. The van der Waals surface area contributed by atoms with Crippen LogP contribution in [-0.4, -0.2) is 30.6 Å². The molecular weight excluding hydrogens is 260 g/mol. The molecule has 0 bridgehead atoms. The number of carbonyl (C=O) groups excluding carboxylic acids is 2. The summed E-state index contributed by atoms with van der Waals surface area (Å²) in [6.45, 7) is 4.22. The second-order valence-electron chi connectivity index (χ2n) is 3.92. The molecule has 0 atom stereocenters. The average Bonchev–Trinajstić information content (AvgIpc) is 2.43. The van der Waals surface area contributed by atoms with Crippen LogP contribution in [0.2, 0.25) is 0 Å². The van der Waals surface area contributed by atoms with Crippen molar-refractivity contribution in [3.63, 3.8) is 0 Å². The Kier molecular flexibility index (Phi) is 6.29. The Morgan fingerprint density at radius 2 is 2.05 bits per heavy atom. The van der Waals surface area contributed by atoms with E-state index in [0.29, 0.717) is 30.6 Å². The number of hydrogen-bond acceptors (Lipinski definition) is 5. The molecule has 0 spiro atoms. The quantitative estimate of drug-likeness (QED) is 0.613. The van der Waals surface area contributed by atoms with Crippen molar-refractivity contribution in [3.05, 3.63) is 29.3 Å². The summed E-state index contributed by atoms with van der Waals surface area (Å²) in [6, 6.07) is 2.99. The van der Waals surface area contributed by atoms with Crippen LogP contribution in [0.5, 0.6) is 11.5 Å². The van der Waals surface area contributed by atoms with Gasteiger partial charge >= 0.3 is 5.97 Å². The summed E-state index contributed by atoms with van der Waals surface area (Å²) in [5.41, 5.74) is 0.810. The van der Waals surface area contributed by atoms with Crippen molar-refractivity contribution in [2.24, 2.45) is 0 Å². The SMILES string of the molecule is CCOC(=O)CC=Cc1cc(C=O)cc(OCC)c1O. The van der Waals surface area contributed by atoms with E-state index in [4.69, 9.17) is 9.47 Å². The van der Waals surface area contributed by atoms with Gasteiger partial charge in [-0.15, -0.1) is 0 Å². The predicted molar refractivity (Wildman–Crippen MR) is 74.9 cm³/mol. The third kappa shape index (κ3) is 4.42. The van der Waals surface area contributed by atoms with Gasteiger partial charge < -0.3 is 14.6 Å². The zero-order valence-electron chi connectivity index (χ0n) is 11.6. The summed E-state index contributed by atoms with van der Waals surface area (Å²) < 4.78 is 10.0. The zero-order chi connectivity index (χ0) is 15.0. The Labute approximate surface area is 117 Å². The van der Waals surface area contributed by atoms with Crippen LogP contribution in [0.3, 0.4) is 0 Å². The topological polar surface area (TPSA) is 72.8 Å². The smallest absolute Gasteiger partial charge is 0.309 e. The van der Waals surface area contributed by atoms with E-state index < -0.39 is 0 Å². The first-order valence-corrected chi connectivity index (χ1v) is 6.39. The number of aldehydes is 1. The highest BCUT2D eigenvalue weighted by molar-refractivity contribution is 5.80. The molecule has 108 valence electrons. The number of phenolic OH excluding ortho intramolecular Hbond substituents is 1. The van der Waals surface area contributed by atoms with Gasteiger partial charge in [-0.2, -0.15) is 0 Å². The third-order valence-corrected chi connectivity index (χ3v) is 2.45. The molecule has 1 aromatic carbocycles. The maximum atomic E-state index is 11.2. The first-order chi connectivity index (χ1) is 9.62. The Morgan fingerprint density at radius 3 is 2.65 bits per heavy atom. The van der Waals surface area contributed by atoms with Crippen molar-refractivity contribution in [3.8, 4) is 11.5 Å². The van der Waals surface area contributed by atoms with E-state index >= 15 is 0 Å². The second kappa shape index (κ2) is 7.99. The number of rotatable bonds is 7. The molecule has 0 aliphatic carbocycles. The lowest BCUT2D eigenvalue weighted by atomic mass is 10.1. The number of carbonyl (C=O) groups is 2. The Morgan fingerprint density at radius 1 is 1.30 bits per heavy atom. The summed E-state index contributed by atoms with van der Waals surface area (Å²) in [6.07, 6.45) is 3.90. The normalized spacial score (nSPS) is 10.5. The highest BCUT2D eigenvalue weighted by Gasteiger charge is 2.09. The molecule has 0 saturated heterocycles. The molecule has 0 radical (unpaired) electrons. The minimum absolute atomic E-state index is 0.0578. The van der Waals surface area contributed by atoms with Crippen molar-refractivity contribution < 1.29 is 24.2 Å². The Bertz CT molecular complexity index is 505. The molecule has 1 N–H and O–H groups in total. The van der Waals surface area contributed by atoms with Gasteiger partial charge in [0.15, 0.2) is 11.5 Å². The molecule has 20 heavy (non-hydrogen) atoms. The first-order valence-electron chi connectivity index (χ1n) is 6.39. The van der Waals surface area contributed by atoms with Gasteiger partial charge in [-0.1, -0.05) is 12.2 Å². The van der Waals surface area contributed by atoms with E-state index in [-0.39, 0.29) is 23.9 Å². The molecule has 0 amide bonds. The summed E-state index contributed by atoms with van der Waals surface area (Å²) in [5, 5.41) is 10.0. The molecular formula is C15H18O5. The van der Waals surface area contributed by atoms with Crippen LogP contribution >= 0.6 is 0 Å². The highest BCUT2D eigenvalue weighted by atomic mass is 16.5. The fraction of sp³-hybridized carbons (Fsp3) is 0.333. The van der Waals surface area contributed by atoms with Crippen LogP contribution in [0.1, 0.15) is 36.2 Å². The Balaban J connectivity index is 2.93. The lowest BCUT2D eigenvalue weighted by Gasteiger charge is -2.09. The van der Waals surface area contributed by atoms with Crippen LogP contribution in [0, 0.1) is 0 Å². The molecule has 5 heteroatoms. The van der Waals surface area contributed by atoms with Crippen LogP contribution in [0.25, 0.3) is 6.08 Å². The zero-order valence-corrected chi connectivity index (χ0v) is 11.6. The first kappa shape index (κ1) is 15.8. The highest BCUT2D eigenvalue weighted by Crippen LogP contribution is 2.32. The van der Waals surface area contributed by atoms with Gasteiger partial charge in [0.2, 0.25) is 0 Å². The van der Waals surface area contributed by atoms with Gasteiger partial charge in [0.05, 0.1) is 19.6 Å². The van der Waals surface area contributed by atoms with Gasteiger partial charge in [0.25, 0.3) is 0 Å². The van der Waals surface area contributed by atoms with Gasteiger partial charge in [-0.05, 0) is 26.0 Å². The van der Waals surface area contributed by atoms with Crippen LogP contribution in [0.4, 0.5) is 0 Å². The van der Waals surface area contributed by atoms with Crippen molar-refractivity contribution in [2.75, 3.05) is 13.2 Å². The average molecular weight is 278 g/mol. The number of phenols is 1. The molecule has 0 heterocycles. The fourth-order valence-electron chi connectivity index (χ4n) is 1.61. The number of benzene rings is 1. The maximum absolute atomic E-state index is 11.2. The Hall–Kier alpha value is -2.30. The van der Waals surface area contributed by atoms with Crippen LogP contribution < -0.4 is 4.74 Å². The summed E-state index contributed by atoms with van der Waals surface area (Å²) in [5.74, 6) is -0.162. The largest absolute Gasteiger partial charge is 0.504 e. The predicted octanol–water partition coefficient (Wildman–Crippen LogP) is 2.57. The number of ether oxygens (including phenoxy) is 2. The second-order valence-corrected chi connectivity index (χ2v) is 3.92. The van der Waals surface area contributed by atoms with E-state index in [1.165, 1.54) is 12.1 Å². The minimum Gasteiger partial charge on any atom is -0.504 e. The fourth-order valence-corrected chi connectivity index (χ4v) is 1.61. The monoisotopic (exact) mass is 278 g/mol. The number of hydrogen-bond donors (Lipinski definition) is 1. The lowest BCUT2D eigenvalue weighted by Crippen LogP contribution is -2.01. The number of esters is 1. The summed E-state index contributed by atoms with van der Waals surface area (Å²) >= 11 is 0. The van der Waals surface area contributed by atoms with Crippen LogP contribution in [-0.2, 0) is 9.53 Å². The van der Waals surface area contributed by atoms with Crippen LogP contribution in [0.15, 0.2) is 18.2 Å². The summed E-state index contributed by atoms with van der Waals surface area (Å²) in [4.78, 5) is 22.1. The minimum atomic E-state index is -0.347.